The number of fused-ring (bicyclic) bond motifs is 1. The molecule has 4 aromatic rings. The van der Waals surface area contributed by atoms with Crippen LogP contribution in [0.15, 0.2) is 48.8 Å². The summed E-state index contributed by atoms with van der Waals surface area (Å²) in [5, 5.41) is 27.3. The van der Waals surface area contributed by atoms with Gasteiger partial charge in [-0.1, -0.05) is 55.6 Å². The molecule has 2 aromatic heterocycles. The van der Waals surface area contributed by atoms with E-state index in [1.165, 1.54) is 18.6 Å². The maximum absolute atomic E-state index is 13.8. The maximum atomic E-state index is 13.8. The number of aromatic nitrogens is 4. The summed E-state index contributed by atoms with van der Waals surface area (Å²) in [5.74, 6) is -0.302. The van der Waals surface area contributed by atoms with Gasteiger partial charge in [0.1, 0.15) is 17.6 Å². The van der Waals surface area contributed by atoms with Gasteiger partial charge in [0.15, 0.2) is 0 Å². The van der Waals surface area contributed by atoms with Crippen LogP contribution in [0, 0.1) is 22.6 Å². The predicted molar refractivity (Wildman–Crippen MR) is 151 cm³/mol. The Hall–Kier alpha value is -3.70. The highest BCUT2D eigenvalue weighted by Crippen LogP contribution is 2.41. The van der Waals surface area contributed by atoms with E-state index in [2.05, 4.69) is 45.8 Å². The summed E-state index contributed by atoms with van der Waals surface area (Å²) in [7, 11) is 0. The molecule has 2 N–H and O–H groups in total. The molecule has 9 heteroatoms. The van der Waals surface area contributed by atoms with Crippen molar-refractivity contribution >= 4 is 33.9 Å². The van der Waals surface area contributed by atoms with Gasteiger partial charge in [-0.2, -0.15) is 5.26 Å². The molecular weight excluding hydrogens is 513 g/mol. The van der Waals surface area contributed by atoms with Crippen LogP contribution in [0.3, 0.4) is 0 Å². The number of rotatable bonds is 7. The number of hydrogen-bond donors (Lipinski definition) is 2. The zero-order valence-electron chi connectivity index (χ0n) is 22.1. The molecule has 0 bridgehead atoms. The number of halogens is 2. The predicted octanol–water partition coefficient (Wildman–Crippen LogP) is 7.41. The average molecular weight is 544 g/mol. The molecule has 0 amide bonds. The van der Waals surface area contributed by atoms with E-state index in [0.717, 1.165) is 60.1 Å². The van der Waals surface area contributed by atoms with E-state index in [1.54, 1.807) is 18.3 Å². The van der Waals surface area contributed by atoms with Crippen LogP contribution in [-0.4, -0.2) is 26.0 Å². The van der Waals surface area contributed by atoms with Crippen LogP contribution in [-0.2, 0) is 0 Å². The summed E-state index contributed by atoms with van der Waals surface area (Å²) < 4.78 is 15.7. The van der Waals surface area contributed by atoms with Crippen LogP contribution in [0.25, 0.3) is 10.9 Å². The molecule has 2 fully saturated rings. The fourth-order valence-electron chi connectivity index (χ4n) is 5.61. The van der Waals surface area contributed by atoms with Crippen molar-refractivity contribution in [3.8, 4) is 6.07 Å². The van der Waals surface area contributed by atoms with Crippen molar-refractivity contribution in [2.75, 3.05) is 10.6 Å². The van der Waals surface area contributed by atoms with Crippen molar-refractivity contribution in [2.45, 2.75) is 70.5 Å². The molecule has 0 radical (unpaired) electrons. The van der Waals surface area contributed by atoms with Gasteiger partial charge in [0.2, 0.25) is 0 Å². The first kappa shape index (κ1) is 25.6. The lowest BCUT2D eigenvalue weighted by Crippen LogP contribution is -2.39. The lowest BCUT2D eigenvalue weighted by atomic mass is 9.73. The van der Waals surface area contributed by atoms with Gasteiger partial charge < -0.3 is 10.6 Å². The standard InChI is InChI=1S/C30H31ClFN7/c1-30(2)12-4-3-5-26(30)36-27-19(15-33)16-34-29-23(27)13-21(14-24(29)31)35-28(18-6-8-20(32)9-7-18)25-17-39(38-37-25)22-10-11-22/h6-9,13-14,16-17,22,26,28,35H,3-5,10-12H2,1-2H3,(H,34,36)/t26-,28?/m1/s1. The van der Waals surface area contributed by atoms with Crippen molar-refractivity contribution in [3.63, 3.8) is 0 Å². The summed E-state index contributed by atoms with van der Waals surface area (Å²) in [5.41, 5.74) is 4.30. The normalized spacial score (nSPS) is 19.4. The van der Waals surface area contributed by atoms with Crippen molar-refractivity contribution in [3.05, 3.63) is 76.5 Å². The Bertz CT molecular complexity index is 1550. The third-order valence-electron chi connectivity index (χ3n) is 8.13. The fraction of sp³-hybridized carbons (Fsp3) is 0.400. The summed E-state index contributed by atoms with van der Waals surface area (Å²) in [6.07, 6.45) is 10.3. The van der Waals surface area contributed by atoms with Gasteiger partial charge in [0, 0.05) is 23.3 Å². The highest BCUT2D eigenvalue weighted by Gasteiger charge is 2.33. The third kappa shape index (κ3) is 5.16. The van der Waals surface area contributed by atoms with Crippen molar-refractivity contribution in [1.29, 1.82) is 5.26 Å². The van der Waals surface area contributed by atoms with E-state index in [9.17, 15) is 9.65 Å². The van der Waals surface area contributed by atoms with Crippen molar-refractivity contribution < 1.29 is 4.39 Å². The van der Waals surface area contributed by atoms with E-state index < -0.39 is 0 Å². The quantitative estimate of drug-likeness (QED) is 0.252. The monoisotopic (exact) mass is 543 g/mol. The Morgan fingerprint density at radius 3 is 2.67 bits per heavy atom. The Kier molecular flexibility index (Phi) is 6.64. The lowest BCUT2D eigenvalue weighted by Gasteiger charge is -2.40. The molecule has 2 heterocycles. The summed E-state index contributed by atoms with van der Waals surface area (Å²) in [4.78, 5) is 4.53. The zero-order valence-corrected chi connectivity index (χ0v) is 22.8. The Morgan fingerprint density at radius 2 is 1.95 bits per heavy atom. The summed E-state index contributed by atoms with van der Waals surface area (Å²) in [6, 6.07) is 12.8. The largest absolute Gasteiger partial charge is 0.380 e. The van der Waals surface area contributed by atoms with Crippen LogP contribution < -0.4 is 10.6 Å². The second-order valence-electron chi connectivity index (χ2n) is 11.4. The molecule has 0 spiro atoms. The Balaban J connectivity index is 1.42. The van der Waals surface area contributed by atoms with Gasteiger partial charge in [0.25, 0.3) is 0 Å². The average Bonchev–Trinajstić information content (AvgIpc) is 3.66. The lowest BCUT2D eigenvalue weighted by molar-refractivity contribution is 0.217. The fourth-order valence-corrected chi connectivity index (χ4v) is 5.88. The first-order chi connectivity index (χ1) is 18.8. The van der Waals surface area contributed by atoms with Gasteiger partial charge in [0.05, 0.1) is 40.1 Å². The molecular formula is C30H31ClFN7. The Labute approximate surface area is 232 Å². The van der Waals surface area contributed by atoms with E-state index in [4.69, 9.17) is 11.6 Å². The molecule has 0 aliphatic heterocycles. The first-order valence-corrected chi connectivity index (χ1v) is 13.9. The first-order valence-electron chi connectivity index (χ1n) is 13.5. The minimum absolute atomic E-state index is 0.0985. The van der Waals surface area contributed by atoms with E-state index in [-0.39, 0.29) is 23.3 Å². The van der Waals surface area contributed by atoms with Crippen molar-refractivity contribution in [1.82, 2.24) is 20.0 Å². The van der Waals surface area contributed by atoms with Crippen molar-refractivity contribution in [2.24, 2.45) is 5.41 Å². The van der Waals surface area contributed by atoms with E-state index in [0.29, 0.717) is 22.1 Å². The van der Waals surface area contributed by atoms with Crippen LogP contribution >= 0.6 is 11.6 Å². The Morgan fingerprint density at radius 1 is 1.15 bits per heavy atom. The van der Waals surface area contributed by atoms with E-state index >= 15 is 0 Å². The third-order valence-corrected chi connectivity index (χ3v) is 8.42. The highest BCUT2D eigenvalue weighted by atomic mass is 35.5. The van der Waals surface area contributed by atoms with Crippen LogP contribution in [0.4, 0.5) is 15.8 Å². The van der Waals surface area contributed by atoms with Gasteiger partial charge in [-0.3, -0.25) is 4.98 Å². The number of nitriles is 1. The molecule has 2 aliphatic carbocycles. The van der Waals surface area contributed by atoms with Crippen LogP contribution in [0.1, 0.15) is 81.3 Å². The SMILES string of the molecule is CC1(C)CCCC[C@H]1Nc1c(C#N)cnc2c(Cl)cc(NC(c3ccc(F)cc3)c3cn(C4CC4)nn3)cc12. The summed E-state index contributed by atoms with van der Waals surface area (Å²) in [6.45, 7) is 4.56. The second-order valence-corrected chi connectivity index (χ2v) is 11.8. The minimum atomic E-state index is -0.382. The molecule has 2 aromatic carbocycles. The van der Waals surface area contributed by atoms with E-state index in [1.807, 2.05) is 23.0 Å². The van der Waals surface area contributed by atoms with Gasteiger partial charge in [-0.25, -0.2) is 9.07 Å². The molecule has 7 nitrogen and oxygen atoms in total. The molecule has 2 aliphatic rings. The molecule has 1 unspecified atom stereocenters. The molecule has 2 atom stereocenters. The zero-order chi connectivity index (χ0) is 27.1. The topological polar surface area (TPSA) is 91.5 Å². The smallest absolute Gasteiger partial charge is 0.123 e. The molecule has 2 saturated carbocycles. The molecule has 39 heavy (non-hydrogen) atoms. The van der Waals surface area contributed by atoms with Crippen LogP contribution in [0.5, 0.6) is 0 Å². The number of pyridine rings is 1. The number of nitrogens with zero attached hydrogens (tertiary/aromatic N) is 5. The molecule has 6 rings (SSSR count). The van der Waals surface area contributed by atoms with Crippen LogP contribution in [0.2, 0.25) is 5.02 Å². The molecule has 0 saturated heterocycles. The maximum Gasteiger partial charge on any atom is 0.123 e. The number of hydrogen-bond acceptors (Lipinski definition) is 6. The number of anilines is 2. The van der Waals surface area contributed by atoms with Gasteiger partial charge >= 0.3 is 0 Å². The van der Waals surface area contributed by atoms with Gasteiger partial charge in [-0.05, 0) is 60.9 Å². The summed E-state index contributed by atoms with van der Waals surface area (Å²) >= 11 is 6.78. The molecule has 200 valence electrons. The number of benzene rings is 2. The van der Waals surface area contributed by atoms with Gasteiger partial charge in [-0.15, -0.1) is 5.10 Å². The second kappa shape index (κ2) is 10.1. The number of nitrogens with one attached hydrogen (secondary N) is 2. The highest BCUT2D eigenvalue weighted by molar-refractivity contribution is 6.35. The minimum Gasteiger partial charge on any atom is -0.380 e.